The van der Waals surface area contributed by atoms with Crippen molar-refractivity contribution < 1.29 is 14.3 Å². The van der Waals surface area contributed by atoms with E-state index >= 15 is 0 Å². The van der Waals surface area contributed by atoms with Crippen molar-refractivity contribution in [3.63, 3.8) is 0 Å². The van der Waals surface area contributed by atoms with Crippen LogP contribution in [0.3, 0.4) is 0 Å². The SMILES string of the molecule is CC(=O)N1CCO[C@H]2CCN(C(=O)c3ccn[nH]3)CC[C@@H]21. The van der Waals surface area contributed by atoms with Crippen LogP contribution in [0.4, 0.5) is 0 Å². The largest absolute Gasteiger partial charge is 0.374 e. The van der Waals surface area contributed by atoms with Gasteiger partial charge < -0.3 is 14.5 Å². The number of rotatable bonds is 1. The molecule has 1 aromatic rings. The van der Waals surface area contributed by atoms with Crippen molar-refractivity contribution in [2.45, 2.75) is 31.9 Å². The van der Waals surface area contributed by atoms with E-state index in [1.807, 2.05) is 9.80 Å². The summed E-state index contributed by atoms with van der Waals surface area (Å²) in [6.07, 6.45) is 3.12. The van der Waals surface area contributed by atoms with Gasteiger partial charge in [0.2, 0.25) is 5.91 Å². The highest BCUT2D eigenvalue weighted by Gasteiger charge is 2.36. The number of nitrogens with zero attached hydrogens (tertiary/aromatic N) is 3. The van der Waals surface area contributed by atoms with Crippen LogP contribution >= 0.6 is 0 Å². The summed E-state index contributed by atoms with van der Waals surface area (Å²) < 4.78 is 5.81. The molecule has 3 rings (SSSR count). The third-order valence-electron chi connectivity index (χ3n) is 4.29. The predicted molar refractivity (Wildman–Crippen MR) is 74.6 cm³/mol. The van der Waals surface area contributed by atoms with E-state index in [2.05, 4.69) is 10.2 Å². The van der Waals surface area contributed by atoms with Crippen LogP contribution in [-0.4, -0.2) is 70.2 Å². The first-order valence-corrected chi connectivity index (χ1v) is 7.34. The number of carbonyl (C=O) groups excluding carboxylic acids is 2. The number of fused-ring (bicyclic) bond motifs is 1. The van der Waals surface area contributed by atoms with Gasteiger partial charge in [0.1, 0.15) is 5.69 Å². The molecule has 2 fully saturated rings. The zero-order valence-electron chi connectivity index (χ0n) is 12.1. The third-order valence-corrected chi connectivity index (χ3v) is 4.29. The number of amides is 2. The molecule has 2 amide bonds. The Hall–Kier alpha value is -1.89. The molecule has 2 aliphatic rings. The summed E-state index contributed by atoms with van der Waals surface area (Å²) in [5.74, 6) is 0.0437. The van der Waals surface area contributed by atoms with Crippen molar-refractivity contribution in [3.05, 3.63) is 18.0 Å². The number of likely N-dealkylation sites (tertiary alicyclic amines) is 1. The van der Waals surface area contributed by atoms with E-state index in [4.69, 9.17) is 4.74 Å². The van der Waals surface area contributed by atoms with Crippen LogP contribution in [0.2, 0.25) is 0 Å². The van der Waals surface area contributed by atoms with Gasteiger partial charge in [-0.05, 0) is 18.9 Å². The van der Waals surface area contributed by atoms with Crippen LogP contribution in [0, 0.1) is 0 Å². The fourth-order valence-corrected chi connectivity index (χ4v) is 3.22. The number of aromatic nitrogens is 2. The number of hydrogen-bond donors (Lipinski definition) is 1. The monoisotopic (exact) mass is 292 g/mol. The second kappa shape index (κ2) is 5.85. The summed E-state index contributed by atoms with van der Waals surface area (Å²) in [7, 11) is 0. The summed E-state index contributed by atoms with van der Waals surface area (Å²) in [5, 5.41) is 6.53. The molecule has 2 saturated heterocycles. The predicted octanol–water partition coefficient (Wildman–Crippen LogP) is 0.262. The second-order valence-corrected chi connectivity index (χ2v) is 5.53. The topological polar surface area (TPSA) is 78.5 Å². The highest BCUT2D eigenvalue weighted by molar-refractivity contribution is 5.92. The van der Waals surface area contributed by atoms with Crippen molar-refractivity contribution in [2.75, 3.05) is 26.2 Å². The minimum Gasteiger partial charge on any atom is -0.374 e. The number of H-pyrrole nitrogens is 1. The number of aromatic amines is 1. The first-order valence-electron chi connectivity index (χ1n) is 7.34. The van der Waals surface area contributed by atoms with Gasteiger partial charge in [-0.25, -0.2) is 0 Å². The molecule has 114 valence electrons. The molecule has 3 heterocycles. The first-order chi connectivity index (χ1) is 10.2. The standard InChI is InChI=1S/C14H20N4O3/c1-10(19)18-8-9-21-13-4-7-17(6-3-12(13)18)14(20)11-2-5-15-16-11/h2,5,12-13H,3-4,6-9H2,1H3,(H,15,16)/t12-,13-/m0/s1. The van der Waals surface area contributed by atoms with Crippen LogP contribution in [0.1, 0.15) is 30.3 Å². The highest BCUT2D eigenvalue weighted by atomic mass is 16.5. The molecule has 1 N–H and O–H groups in total. The molecular formula is C14H20N4O3. The molecule has 0 saturated carbocycles. The molecule has 0 radical (unpaired) electrons. The zero-order chi connectivity index (χ0) is 14.8. The van der Waals surface area contributed by atoms with Crippen molar-refractivity contribution in [3.8, 4) is 0 Å². The molecule has 7 heteroatoms. The molecule has 2 atom stereocenters. The normalized spacial score (nSPS) is 26.1. The van der Waals surface area contributed by atoms with Crippen LogP contribution in [0.5, 0.6) is 0 Å². The molecule has 1 aromatic heterocycles. The van der Waals surface area contributed by atoms with Crippen LogP contribution in [0.25, 0.3) is 0 Å². The van der Waals surface area contributed by atoms with Crippen LogP contribution in [0.15, 0.2) is 12.3 Å². The lowest BCUT2D eigenvalue weighted by Crippen LogP contribution is -2.52. The molecular weight excluding hydrogens is 272 g/mol. The van der Waals surface area contributed by atoms with Gasteiger partial charge >= 0.3 is 0 Å². The Bertz CT molecular complexity index is 516. The molecule has 0 aromatic carbocycles. The first kappa shape index (κ1) is 14.1. The van der Waals surface area contributed by atoms with Gasteiger partial charge in [0, 0.05) is 32.8 Å². The van der Waals surface area contributed by atoms with E-state index in [-0.39, 0.29) is 24.0 Å². The molecule has 0 bridgehead atoms. The number of nitrogens with one attached hydrogen (secondary N) is 1. The Morgan fingerprint density at radius 2 is 2.14 bits per heavy atom. The van der Waals surface area contributed by atoms with Crippen molar-refractivity contribution in [2.24, 2.45) is 0 Å². The number of morpholine rings is 1. The maximum atomic E-state index is 12.4. The van der Waals surface area contributed by atoms with E-state index in [1.165, 1.54) is 0 Å². The molecule has 0 aliphatic carbocycles. The third kappa shape index (κ3) is 2.78. The molecule has 7 nitrogen and oxygen atoms in total. The zero-order valence-corrected chi connectivity index (χ0v) is 12.1. The maximum Gasteiger partial charge on any atom is 0.271 e. The van der Waals surface area contributed by atoms with Crippen molar-refractivity contribution in [1.29, 1.82) is 0 Å². The summed E-state index contributed by atoms with van der Waals surface area (Å²) in [6.45, 7) is 4.10. The minimum absolute atomic E-state index is 0.0298. The Kier molecular flexibility index (Phi) is 3.92. The average molecular weight is 292 g/mol. The molecule has 2 aliphatic heterocycles. The van der Waals surface area contributed by atoms with Crippen LogP contribution in [-0.2, 0) is 9.53 Å². The van der Waals surface area contributed by atoms with Gasteiger partial charge in [-0.15, -0.1) is 0 Å². The maximum absolute atomic E-state index is 12.4. The lowest BCUT2D eigenvalue weighted by molar-refractivity contribution is -0.144. The van der Waals surface area contributed by atoms with Crippen molar-refractivity contribution >= 4 is 11.8 Å². The molecule has 0 unspecified atom stereocenters. The van der Waals surface area contributed by atoms with E-state index in [9.17, 15) is 9.59 Å². The van der Waals surface area contributed by atoms with Crippen molar-refractivity contribution in [1.82, 2.24) is 20.0 Å². The lowest BCUT2D eigenvalue weighted by Gasteiger charge is -2.39. The van der Waals surface area contributed by atoms with Gasteiger partial charge in [0.15, 0.2) is 0 Å². The fraction of sp³-hybridized carbons (Fsp3) is 0.643. The summed E-state index contributed by atoms with van der Waals surface area (Å²) >= 11 is 0. The lowest BCUT2D eigenvalue weighted by atomic mass is 10.0. The van der Waals surface area contributed by atoms with E-state index in [0.29, 0.717) is 31.9 Å². The van der Waals surface area contributed by atoms with Gasteiger partial charge in [0.25, 0.3) is 5.91 Å². The van der Waals surface area contributed by atoms with E-state index in [0.717, 1.165) is 12.8 Å². The van der Waals surface area contributed by atoms with E-state index in [1.54, 1.807) is 19.2 Å². The Morgan fingerprint density at radius 1 is 1.33 bits per heavy atom. The smallest absolute Gasteiger partial charge is 0.271 e. The Balaban J connectivity index is 1.71. The van der Waals surface area contributed by atoms with Gasteiger partial charge in [-0.3, -0.25) is 14.7 Å². The van der Waals surface area contributed by atoms with Gasteiger partial charge in [-0.1, -0.05) is 0 Å². The van der Waals surface area contributed by atoms with Gasteiger partial charge in [-0.2, -0.15) is 5.10 Å². The Labute approximate surface area is 123 Å². The van der Waals surface area contributed by atoms with Gasteiger partial charge in [0.05, 0.1) is 18.8 Å². The molecule has 21 heavy (non-hydrogen) atoms. The Morgan fingerprint density at radius 3 is 2.86 bits per heavy atom. The van der Waals surface area contributed by atoms with E-state index < -0.39 is 0 Å². The molecule has 0 spiro atoms. The number of ether oxygens (including phenoxy) is 1. The average Bonchev–Trinajstić information content (AvgIpc) is 2.92. The second-order valence-electron chi connectivity index (χ2n) is 5.53. The minimum atomic E-state index is -0.0412. The summed E-state index contributed by atoms with van der Waals surface area (Å²) in [6, 6.07) is 1.76. The summed E-state index contributed by atoms with van der Waals surface area (Å²) in [4.78, 5) is 27.8. The van der Waals surface area contributed by atoms with Crippen LogP contribution < -0.4 is 0 Å². The number of carbonyl (C=O) groups is 2. The number of hydrogen-bond acceptors (Lipinski definition) is 4. The highest BCUT2D eigenvalue weighted by Crippen LogP contribution is 2.24. The summed E-state index contributed by atoms with van der Waals surface area (Å²) in [5.41, 5.74) is 0.504. The fourth-order valence-electron chi connectivity index (χ4n) is 3.22. The quantitative estimate of drug-likeness (QED) is 0.805.